The van der Waals surface area contributed by atoms with Crippen LogP contribution in [0, 0.1) is 0 Å². The van der Waals surface area contributed by atoms with Gasteiger partial charge in [-0.15, -0.1) is 0 Å². The van der Waals surface area contributed by atoms with Gasteiger partial charge >= 0.3 is 0 Å². The van der Waals surface area contributed by atoms with E-state index in [1.807, 2.05) is 54.6 Å². The molecule has 0 bridgehead atoms. The summed E-state index contributed by atoms with van der Waals surface area (Å²) in [6, 6.07) is 21.0. The molecule has 3 N–H and O–H groups in total. The van der Waals surface area contributed by atoms with Gasteiger partial charge in [-0.3, -0.25) is 9.59 Å². The Morgan fingerprint density at radius 3 is 2.21 bits per heavy atom. The minimum absolute atomic E-state index is 0.0917. The normalized spacial score (nSPS) is 14.3. The second-order valence-corrected chi connectivity index (χ2v) is 7.49. The lowest BCUT2D eigenvalue weighted by atomic mass is 9.95. The summed E-state index contributed by atoms with van der Waals surface area (Å²) in [7, 11) is 0. The average Bonchev–Trinajstić information content (AvgIpc) is 2.76. The van der Waals surface area contributed by atoms with Gasteiger partial charge in [0.2, 0.25) is 0 Å². The minimum atomic E-state index is -0.418. The summed E-state index contributed by atoms with van der Waals surface area (Å²) in [5, 5.41) is 6.36. The van der Waals surface area contributed by atoms with E-state index in [2.05, 4.69) is 15.6 Å². The molecule has 5 nitrogen and oxygen atoms in total. The van der Waals surface area contributed by atoms with Crippen molar-refractivity contribution in [3.63, 3.8) is 0 Å². The van der Waals surface area contributed by atoms with Crippen molar-refractivity contribution >= 4 is 17.3 Å². The zero-order valence-electron chi connectivity index (χ0n) is 16.3. The third-order valence-corrected chi connectivity index (χ3v) is 5.36. The molecule has 1 aromatic heterocycles. The van der Waals surface area contributed by atoms with E-state index in [1.165, 1.54) is 32.1 Å². The zero-order valence-corrected chi connectivity index (χ0v) is 16.3. The number of H-pyrrole nitrogens is 1. The fourth-order valence-electron chi connectivity index (χ4n) is 3.77. The van der Waals surface area contributed by atoms with Gasteiger partial charge in [0.25, 0.3) is 11.5 Å². The Kier molecular flexibility index (Phi) is 5.75. The molecule has 29 heavy (non-hydrogen) atoms. The number of hydrogen-bond donors (Lipinski definition) is 3. The number of aromatic nitrogens is 1. The minimum Gasteiger partial charge on any atom is -0.382 e. The summed E-state index contributed by atoms with van der Waals surface area (Å²) in [6.45, 7) is 0. The second kappa shape index (κ2) is 8.78. The highest BCUT2D eigenvalue weighted by Crippen LogP contribution is 2.23. The van der Waals surface area contributed by atoms with Gasteiger partial charge in [0.15, 0.2) is 0 Å². The topological polar surface area (TPSA) is 74.0 Å². The number of aromatic amines is 1. The van der Waals surface area contributed by atoms with Gasteiger partial charge in [0, 0.05) is 23.1 Å². The maximum absolute atomic E-state index is 12.5. The molecular weight excluding hydrogens is 362 g/mol. The van der Waals surface area contributed by atoms with Crippen LogP contribution >= 0.6 is 0 Å². The highest BCUT2D eigenvalue weighted by molar-refractivity contribution is 6.04. The van der Waals surface area contributed by atoms with E-state index in [1.54, 1.807) is 12.1 Å². The average molecular weight is 387 g/mol. The number of nitrogens with one attached hydrogen (secondary N) is 3. The Morgan fingerprint density at radius 1 is 0.828 bits per heavy atom. The molecular formula is C24H25N3O2. The van der Waals surface area contributed by atoms with Gasteiger partial charge in [0.1, 0.15) is 5.56 Å². The highest BCUT2D eigenvalue weighted by Gasteiger charge is 2.14. The van der Waals surface area contributed by atoms with Crippen LogP contribution in [0.25, 0.3) is 11.3 Å². The molecule has 4 rings (SSSR count). The van der Waals surface area contributed by atoms with Crippen LogP contribution in [0.5, 0.6) is 0 Å². The first-order chi connectivity index (χ1) is 14.2. The summed E-state index contributed by atoms with van der Waals surface area (Å²) in [6.07, 6.45) is 6.31. The van der Waals surface area contributed by atoms with Crippen LogP contribution in [-0.2, 0) is 0 Å². The fraction of sp³-hybridized carbons (Fsp3) is 0.250. The van der Waals surface area contributed by atoms with E-state index in [-0.39, 0.29) is 5.56 Å². The predicted molar refractivity (Wildman–Crippen MR) is 117 cm³/mol. The van der Waals surface area contributed by atoms with Gasteiger partial charge in [-0.2, -0.15) is 0 Å². The van der Waals surface area contributed by atoms with Crippen LogP contribution in [0.15, 0.2) is 71.5 Å². The molecule has 1 fully saturated rings. The monoisotopic (exact) mass is 387 g/mol. The van der Waals surface area contributed by atoms with Crippen molar-refractivity contribution in [1.82, 2.24) is 4.98 Å². The SMILES string of the molecule is O=C(Nc1ccc(NC2CCCCC2)cc1)c1ccc(-c2ccccc2)[nH]c1=O. The first-order valence-corrected chi connectivity index (χ1v) is 10.2. The molecule has 1 saturated carbocycles. The van der Waals surface area contributed by atoms with Crippen molar-refractivity contribution in [2.24, 2.45) is 0 Å². The molecule has 5 heteroatoms. The lowest BCUT2D eigenvalue weighted by Crippen LogP contribution is -2.23. The Hall–Kier alpha value is -3.34. The first kappa shape index (κ1) is 19.0. The molecule has 1 amide bonds. The maximum atomic E-state index is 12.5. The fourth-order valence-corrected chi connectivity index (χ4v) is 3.77. The van der Waals surface area contributed by atoms with Gasteiger partial charge in [-0.1, -0.05) is 49.6 Å². The number of anilines is 2. The van der Waals surface area contributed by atoms with Gasteiger partial charge in [-0.05, 0) is 54.8 Å². The highest BCUT2D eigenvalue weighted by atomic mass is 16.2. The van der Waals surface area contributed by atoms with E-state index in [0.29, 0.717) is 17.4 Å². The van der Waals surface area contributed by atoms with Crippen molar-refractivity contribution in [1.29, 1.82) is 0 Å². The Labute approximate surface area is 170 Å². The molecule has 3 aromatic rings. The van der Waals surface area contributed by atoms with E-state index in [4.69, 9.17) is 0 Å². The molecule has 1 heterocycles. The Morgan fingerprint density at radius 2 is 1.52 bits per heavy atom. The lowest BCUT2D eigenvalue weighted by molar-refractivity contribution is 0.102. The third-order valence-electron chi connectivity index (χ3n) is 5.36. The molecule has 148 valence electrons. The second-order valence-electron chi connectivity index (χ2n) is 7.49. The summed E-state index contributed by atoms with van der Waals surface area (Å²) < 4.78 is 0. The van der Waals surface area contributed by atoms with E-state index >= 15 is 0 Å². The standard InChI is InChI=1S/C24H25N3O2/c28-23(21-15-16-22(27-24(21)29)17-7-3-1-4-8-17)26-20-13-11-19(12-14-20)25-18-9-5-2-6-10-18/h1,3-4,7-8,11-16,18,25H,2,5-6,9-10H2,(H,26,28)(H,27,29). The maximum Gasteiger partial charge on any atom is 0.261 e. The molecule has 1 aliphatic carbocycles. The number of pyridine rings is 1. The summed E-state index contributed by atoms with van der Waals surface area (Å²) >= 11 is 0. The number of carbonyl (C=O) groups is 1. The quantitative estimate of drug-likeness (QED) is 0.574. The molecule has 0 aliphatic heterocycles. The largest absolute Gasteiger partial charge is 0.382 e. The lowest BCUT2D eigenvalue weighted by Gasteiger charge is -2.23. The number of benzene rings is 2. The van der Waals surface area contributed by atoms with Crippen LogP contribution in [-0.4, -0.2) is 16.9 Å². The molecule has 0 atom stereocenters. The van der Waals surface area contributed by atoms with Crippen molar-refractivity contribution < 1.29 is 4.79 Å². The smallest absolute Gasteiger partial charge is 0.261 e. The van der Waals surface area contributed by atoms with Gasteiger partial charge < -0.3 is 15.6 Å². The molecule has 2 aromatic carbocycles. The number of hydrogen-bond acceptors (Lipinski definition) is 3. The van der Waals surface area contributed by atoms with E-state index in [9.17, 15) is 9.59 Å². The van der Waals surface area contributed by atoms with Crippen LogP contribution in [0.4, 0.5) is 11.4 Å². The van der Waals surface area contributed by atoms with Crippen LogP contribution in [0.3, 0.4) is 0 Å². The first-order valence-electron chi connectivity index (χ1n) is 10.2. The molecule has 0 radical (unpaired) electrons. The van der Waals surface area contributed by atoms with E-state index < -0.39 is 11.5 Å². The zero-order chi connectivity index (χ0) is 20.1. The molecule has 1 aliphatic rings. The summed E-state index contributed by atoms with van der Waals surface area (Å²) in [4.78, 5) is 27.7. The van der Waals surface area contributed by atoms with Crippen molar-refractivity contribution in [3.8, 4) is 11.3 Å². The number of amides is 1. The third kappa shape index (κ3) is 4.74. The summed E-state index contributed by atoms with van der Waals surface area (Å²) in [5.41, 5.74) is 2.99. The van der Waals surface area contributed by atoms with Crippen molar-refractivity contribution in [2.75, 3.05) is 10.6 Å². The number of carbonyl (C=O) groups excluding carboxylic acids is 1. The van der Waals surface area contributed by atoms with Crippen LogP contribution < -0.4 is 16.2 Å². The number of rotatable bonds is 5. The van der Waals surface area contributed by atoms with Crippen molar-refractivity contribution in [2.45, 2.75) is 38.1 Å². The van der Waals surface area contributed by atoms with Crippen molar-refractivity contribution in [3.05, 3.63) is 82.6 Å². The van der Waals surface area contributed by atoms with Gasteiger partial charge in [-0.25, -0.2) is 0 Å². The molecule has 0 saturated heterocycles. The van der Waals surface area contributed by atoms with Crippen LogP contribution in [0.2, 0.25) is 0 Å². The molecule has 0 unspecified atom stereocenters. The predicted octanol–water partition coefficient (Wildman–Crippen LogP) is 5.04. The van der Waals surface area contributed by atoms with E-state index in [0.717, 1.165) is 11.3 Å². The summed E-state index contributed by atoms with van der Waals surface area (Å²) in [5.74, 6) is -0.418. The molecule has 0 spiro atoms. The van der Waals surface area contributed by atoms with Crippen LogP contribution in [0.1, 0.15) is 42.5 Å². The van der Waals surface area contributed by atoms with Gasteiger partial charge in [0.05, 0.1) is 0 Å². The Bertz CT molecular complexity index is 1020. The Balaban J connectivity index is 1.42.